The monoisotopic (exact) mass is 543 g/mol. The number of aldehydes is 1. The highest BCUT2D eigenvalue weighted by molar-refractivity contribution is 7.18. The molecule has 1 amide bonds. The molecule has 0 fully saturated rings. The number of carbonyl (C=O) groups excluding carboxylic acids is 2. The first-order chi connectivity index (χ1) is 16.2. The van der Waals surface area contributed by atoms with Crippen LogP contribution in [0, 0.1) is 11.6 Å². The molecule has 34 heavy (non-hydrogen) atoms. The number of ether oxygens (including phenoxy) is 1. The van der Waals surface area contributed by atoms with Crippen molar-refractivity contribution in [3.8, 4) is 5.75 Å². The summed E-state index contributed by atoms with van der Waals surface area (Å²) < 4.78 is 34.2. The van der Waals surface area contributed by atoms with Crippen LogP contribution in [0.25, 0.3) is 10.2 Å². The van der Waals surface area contributed by atoms with Gasteiger partial charge in [0.2, 0.25) is 0 Å². The lowest BCUT2D eigenvalue weighted by molar-refractivity contribution is 0.0953. The molecule has 0 bridgehead atoms. The first-order valence-electron chi connectivity index (χ1n) is 9.38. The summed E-state index contributed by atoms with van der Waals surface area (Å²) in [5.41, 5.74) is 0.407. The number of thiazole rings is 1. The van der Waals surface area contributed by atoms with Crippen LogP contribution in [0.1, 0.15) is 25.7 Å². The fourth-order valence-electron chi connectivity index (χ4n) is 2.65. The Morgan fingerprint density at radius 2 is 1.94 bits per heavy atom. The van der Waals surface area contributed by atoms with Crippen LogP contribution in [0.3, 0.4) is 0 Å². The molecule has 2 aromatic carbocycles. The van der Waals surface area contributed by atoms with Crippen LogP contribution in [0.5, 0.6) is 5.75 Å². The Kier molecular flexibility index (Phi) is 8.73. The molecule has 2 aromatic heterocycles. The maximum Gasteiger partial charge on any atom is 0.257 e. The molecule has 6 nitrogen and oxygen atoms in total. The highest BCUT2D eigenvalue weighted by atomic mass is 35.5. The molecule has 0 saturated heterocycles. The number of nitrogens with one attached hydrogen (secondary N) is 1. The Morgan fingerprint density at radius 3 is 2.62 bits per heavy atom. The number of amides is 1. The summed E-state index contributed by atoms with van der Waals surface area (Å²) >= 11 is 18.3. The molecule has 4 aromatic rings. The Bertz CT molecular complexity index is 1370. The van der Waals surface area contributed by atoms with Crippen molar-refractivity contribution >= 4 is 68.5 Å². The maximum absolute atomic E-state index is 14.3. The number of rotatable bonds is 5. The summed E-state index contributed by atoms with van der Waals surface area (Å²) in [4.78, 5) is 29.8. The summed E-state index contributed by atoms with van der Waals surface area (Å²) in [5.74, 6) is -3.07. The highest BCUT2D eigenvalue weighted by Crippen LogP contribution is 2.28. The van der Waals surface area contributed by atoms with Gasteiger partial charge in [-0.3, -0.25) is 9.59 Å². The van der Waals surface area contributed by atoms with Gasteiger partial charge in [0.15, 0.2) is 17.9 Å². The van der Waals surface area contributed by atoms with Crippen molar-refractivity contribution in [3.05, 3.63) is 85.6 Å². The number of nitrogens with zero attached hydrogens (tertiary/aromatic N) is 2. The Labute approximate surface area is 211 Å². The van der Waals surface area contributed by atoms with Gasteiger partial charge in [-0.25, -0.2) is 18.7 Å². The normalized spacial score (nSPS) is 10.4. The van der Waals surface area contributed by atoms with E-state index in [4.69, 9.17) is 39.5 Å². The molecule has 0 aliphatic carbocycles. The number of benzene rings is 2. The molecule has 0 aliphatic heterocycles. The van der Waals surface area contributed by atoms with Crippen LogP contribution in [0.4, 0.5) is 8.78 Å². The lowest BCUT2D eigenvalue weighted by Crippen LogP contribution is -2.21. The van der Waals surface area contributed by atoms with Crippen molar-refractivity contribution in [2.24, 2.45) is 0 Å². The first kappa shape index (κ1) is 25.8. The predicted molar refractivity (Wildman–Crippen MR) is 128 cm³/mol. The van der Waals surface area contributed by atoms with Gasteiger partial charge in [-0.1, -0.05) is 34.8 Å². The van der Waals surface area contributed by atoms with Gasteiger partial charge < -0.3 is 10.1 Å². The molecule has 0 atom stereocenters. The summed E-state index contributed by atoms with van der Waals surface area (Å²) in [6, 6.07) is 8.94. The number of hydrogen-bond acceptors (Lipinski definition) is 6. The van der Waals surface area contributed by atoms with Crippen LogP contribution in [-0.4, -0.2) is 29.2 Å². The van der Waals surface area contributed by atoms with Crippen LogP contribution in [-0.2, 0) is 6.61 Å². The van der Waals surface area contributed by atoms with Gasteiger partial charge in [-0.05, 0) is 36.4 Å². The molecule has 0 aliphatic rings. The van der Waals surface area contributed by atoms with E-state index in [0.29, 0.717) is 21.9 Å². The third-order valence-electron chi connectivity index (χ3n) is 4.26. The van der Waals surface area contributed by atoms with Crippen molar-refractivity contribution in [1.82, 2.24) is 15.3 Å². The van der Waals surface area contributed by atoms with E-state index in [-0.39, 0.29) is 22.5 Å². The number of fused-ring (bicyclic) bond motifs is 1. The van der Waals surface area contributed by atoms with Gasteiger partial charge in [0.25, 0.3) is 5.91 Å². The molecule has 2 heterocycles. The minimum atomic E-state index is -1.04. The van der Waals surface area contributed by atoms with Crippen molar-refractivity contribution < 1.29 is 23.1 Å². The van der Waals surface area contributed by atoms with E-state index < -0.39 is 23.1 Å². The van der Waals surface area contributed by atoms with Crippen LogP contribution in [0.15, 0.2) is 42.6 Å². The molecule has 0 unspecified atom stereocenters. The standard InChI is InChI=1S/C16H11ClF2N2O2S.C6H3Cl2NO/c1-20-16(22)14-9(18)3-4-11(15(14)19)23-7-13-21-10-6-8(17)2-5-12(10)24-13;7-5-4(3-10)1-2-9-6(5)8/h2-6H,7H2,1H3,(H,20,22);1-3H. The van der Waals surface area contributed by atoms with E-state index in [1.165, 1.54) is 30.6 Å². The van der Waals surface area contributed by atoms with E-state index >= 15 is 0 Å². The molecule has 4 rings (SSSR count). The zero-order valence-corrected chi connectivity index (χ0v) is 20.3. The van der Waals surface area contributed by atoms with E-state index in [0.717, 1.165) is 22.3 Å². The van der Waals surface area contributed by atoms with E-state index in [2.05, 4.69) is 15.3 Å². The fraction of sp³-hybridized carbons (Fsp3) is 0.0909. The van der Waals surface area contributed by atoms with Crippen LogP contribution >= 0.6 is 46.1 Å². The second-order valence-corrected chi connectivity index (χ2v) is 8.73. The zero-order valence-electron chi connectivity index (χ0n) is 17.2. The summed E-state index contributed by atoms with van der Waals surface area (Å²) in [6.45, 7) is -0.00724. The minimum absolute atomic E-state index is 0.00724. The number of hydrogen-bond donors (Lipinski definition) is 1. The number of carbonyl (C=O) groups is 2. The average Bonchev–Trinajstić information content (AvgIpc) is 3.22. The SMILES string of the molecule is CNC(=O)c1c(F)ccc(OCc2nc3cc(Cl)ccc3s2)c1F.O=Cc1ccnc(Cl)c1Cl. The third-order valence-corrected chi connectivity index (χ3v) is 6.28. The van der Waals surface area contributed by atoms with Gasteiger partial charge in [0.1, 0.15) is 28.1 Å². The van der Waals surface area contributed by atoms with Gasteiger partial charge >= 0.3 is 0 Å². The third kappa shape index (κ3) is 5.98. The van der Waals surface area contributed by atoms with Gasteiger partial charge in [-0.15, -0.1) is 11.3 Å². The minimum Gasteiger partial charge on any atom is -0.483 e. The molecule has 0 saturated carbocycles. The van der Waals surface area contributed by atoms with Crippen molar-refractivity contribution in [3.63, 3.8) is 0 Å². The number of aromatic nitrogens is 2. The molecule has 12 heteroatoms. The maximum atomic E-state index is 14.3. The molecular weight excluding hydrogens is 531 g/mol. The largest absolute Gasteiger partial charge is 0.483 e. The lowest BCUT2D eigenvalue weighted by atomic mass is 10.1. The molecule has 176 valence electrons. The van der Waals surface area contributed by atoms with E-state index in [1.807, 2.05) is 6.07 Å². The topological polar surface area (TPSA) is 81.2 Å². The number of halogens is 5. The summed E-state index contributed by atoms with van der Waals surface area (Å²) in [5, 5.41) is 3.73. The fourth-order valence-corrected chi connectivity index (χ4v) is 4.00. The predicted octanol–water partition coefficient (Wildman–Crippen LogP) is 6.37. The van der Waals surface area contributed by atoms with Gasteiger partial charge in [-0.2, -0.15) is 0 Å². The molecule has 1 N–H and O–H groups in total. The average molecular weight is 545 g/mol. The smallest absolute Gasteiger partial charge is 0.257 e. The van der Waals surface area contributed by atoms with E-state index in [1.54, 1.807) is 12.1 Å². The van der Waals surface area contributed by atoms with Crippen molar-refractivity contribution in [2.75, 3.05) is 7.05 Å². The van der Waals surface area contributed by atoms with E-state index in [9.17, 15) is 18.4 Å². The first-order valence-corrected chi connectivity index (χ1v) is 11.3. The second kappa shape index (κ2) is 11.5. The summed E-state index contributed by atoms with van der Waals surface area (Å²) in [7, 11) is 1.29. The molecule has 0 spiro atoms. The van der Waals surface area contributed by atoms with Crippen LogP contribution < -0.4 is 10.1 Å². The Hall–Kier alpha value is -2.85. The Balaban J connectivity index is 0.000000271. The molecular formula is C22H14Cl3F2N3O3S. The quantitative estimate of drug-likeness (QED) is 0.233. The van der Waals surface area contributed by atoms with Gasteiger partial charge in [0.05, 0.1) is 15.2 Å². The van der Waals surface area contributed by atoms with Crippen LogP contribution in [0.2, 0.25) is 15.2 Å². The lowest BCUT2D eigenvalue weighted by Gasteiger charge is -2.09. The van der Waals surface area contributed by atoms with Crippen molar-refractivity contribution in [2.45, 2.75) is 6.61 Å². The summed E-state index contributed by atoms with van der Waals surface area (Å²) in [6.07, 6.45) is 2.06. The van der Waals surface area contributed by atoms with Gasteiger partial charge in [0, 0.05) is 23.8 Å². The number of pyridine rings is 1. The second-order valence-electron chi connectivity index (χ2n) is 6.44. The molecule has 0 radical (unpaired) electrons. The van der Waals surface area contributed by atoms with Crippen molar-refractivity contribution in [1.29, 1.82) is 0 Å². The highest BCUT2D eigenvalue weighted by Gasteiger charge is 2.20. The Morgan fingerprint density at radius 1 is 1.18 bits per heavy atom. The zero-order chi connectivity index (χ0) is 24.8.